The molecule has 1 aliphatic heterocycles. The van der Waals surface area contributed by atoms with Crippen molar-refractivity contribution in [1.82, 2.24) is 0 Å². The highest BCUT2D eigenvalue weighted by atomic mass is 32.1. The van der Waals surface area contributed by atoms with E-state index in [1.807, 2.05) is 0 Å². The maximum absolute atomic E-state index is 12.3. The van der Waals surface area contributed by atoms with Gasteiger partial charge in [-0.15, -0.1) is 11.3 Å². The van der Waals surface area contributed by atoms with E-state index < -0.39 is 18.0 Å². The van der Waals surface area contributed by atoms with Gasteiger partial charge in [0.25, 0.3) is 5.91 Å². The normalized spacial score (nSPS) is 16.8. The lowest BCUT2D eigenvalue weighted by Gasteiger charge is -2.10. The molecule has 1 N–H and O–H groups in total. The highest BCUT2D eigenvalue weighted by molar-refractivity contribution is 7.18. The van der Waals surface area contributed by atoms with Gasteiger partial charge in [-0.2, -0.15) is 0 Å². The summed E-state index contributed by atoms with van der Waals surface area (Å²) in [6, 6.07) is 0. The van der Waals surface area contributed by atoms with Crippen molar-refractivity contribution in [2.45, 2.75) is 52.7 Å². The Morgan fingerprint density at radius 1 is 1.32 bits per heavy atom. The van der Waals surface area contributed by atoms with E-state index in [2.05, 4.69) is 5.32 Å². The molecule has 8 heteroatoms. The summed E-state index contributed by atoms with van der Waals surface area (Å²) in [6.07, 6.45) is 0.624. The lowest BCUT2D eigenvalue weighted by Crippen LogP contribution is -2.27. The summed E-state index contributed by atoms with van der Waals surface area (Å²) in [7, 11) is 0. The molecule has 2 heterocycles. The van der Waals surface area contributed by atoms with Crippen LogP contribution in [-0.2, 0) is 19.0 Å². The van der Waals surface area contributed by atoms with E-state index >= 15 is 0 Å². The van der Waals surface area contributed by atoms with Gasteiger partial charge in [0.15, 0.2) is 0 Å². The standard InChI is InChI=1S/C17H23NO6S/c1-5-22-16(20)12-10(4)13(17(21)24-9(2)3)25-15(12)18-14(19)11-7-6-8-23-11/h9,11H,5-8H2,1-4H3,(H,18,19). The van der Waals surface area contributed by atoms with Crippen molar-refractivity contribution in [2.75, 3.05) is 18.5 Å². The van der Waals surface area contributed by atoms with Gasteiger partial charge in [-0.25, -0.2) is 9.59 Å². The van der Waals surface area contributed by atoms with Gasteiger partial charge in [-0.05, 0) is 46.1 Å². The van der Waals surface area contributed by atoms with Gasteiger partial charge in [-0.3, -0.25) is 4.79 Å². The average molecular weight is 369 g/mol. The molecule has 0 saturated carbocycles. The molecule has 25 heavy (non-hydrogen) atoms. The molecular weight excluding hydrogens is 346 g/mol. The molecule has 0 aliphatic carbocycles. The SMILES string of the molecule is CCOC(=O)c1c(NC(=O)C2CCCO2)sc(C(=O)OC(C)C)c1C. The van der Waals surface area contributed by atoms with Crippen LogP contribution in [0.3, 0.4) is 0 Å². The monoisotopic (exact) mass is 369 g/mol. The lowest BCUT2D eigenvalue weighted by molar-refractivity contribution is -0.124. The van der Waals surface area contributed by atoms with Crippen molar-refractivity contribution >= 4 is 34.2 Å². The number of rotatable bonds is 6. The van der Waals surface area contributed by atoms with Crippen LogP contribution in [0.2, 0.25) is 0 Å². The molecule has 1 atom stereocenters. The number of carbonyl (C=O) groups excluding carboxylic acids is 3. The summed E-state index contributed by atoms with van der Waals surface area (Å²) in [5.74, 6) is -1.43. The van der Waals surface area contributed by atoms with E-state index in [0.717, 1.165) is 17.8 Å². The topological polar surface area (TPSA) is 90.9 Å². The van der Waals surface area contributed by atoms with Crippen molar-refractivity contribution in [3.63, 3.8) is 0 Å². The second-order valence-electron chi connectivity index (χ2n) is 5.93. The van der Waals surface area contributed by atoms with Crippen molar-refractivity contribution in [3.05, 3.63) is 16.0 Å². The first-order valence-electron chi connectivity index (χ1n) is 8.29. The Balaban J connectivity index is 2.33. The van der Waals surface area contributed by atoms with Gasteiger partial charge >= 0.3 is 11.9 Å². The maximum Gasteiger partial charge on any atom is 0.348 e. The Morgan fingerprint density at radius 3 is 2.60 bits per heavy atom. The molecule has 1 saturated heterocycles. The Hall–Kier alpha value is -1.93. The smallest absolute Gasteiger partial charge is 0.348 e. The predicted molar refractivity (Wildman–Crippen MR) is 93.2 cm³/mol. The van der Waals surface area contributed by atoms with Crippen LogP contribution in [-0.4, -0.2) is 43.3 Å². The summed E-state index contributed by atoms with van der Waals surface area (Å²) in [5.41, 5.74) is 0.630. The first-order valence-corrected chi connectivity index (χ1v) is 9.10. The van der Waals surface area contributed by atoms with Crippen LogP contribution < -0.4 is 5.32 Å². The summed E-state index contributed by atoms with van der Waals surface area (Å²) in [4.78, 5) is 37.2. The molecule has 1 aromatic rings. The Labute approximate surface area is 150 Å². The zero-order valence-electron chi connectivity index (χ0n) is 14.8. The first-order chi connectivity index (χ1) is 11.8. The van der Waals surface area contributed by atoms with E-state index in [1.54, 1.807) is 27.7 Å². The van der Waals surface area contributed by atoms with Crippen LogP contribution in [0.5, 0.6) is 0 Å². The summed E-state index contributed by atoms with van der Waals surface area (Å²) >= 11 is 1.01. The fourth-order valence-electron chi connectivity index (χ4n) is 2.49. The van der Waals surface area contributed by atoms with E-state index in [0.29, 0.717) is 18.6 Å². The number of hydrogen-bond acceptors (Lipinski definition) is 7. The summed E-state index contributed by atoms with van der Waals surface area (Å²) < 4.78 is 15.6. The molecule has 7 nitrogen and oxygen atoms in total. The Morgan fingerprint density at radius 2 is 2.04 bits per heavy atom. The van der Waals surface area contributed by atoms with Gasteiger partial charge in [-0.1, -0.05) is 0 Å². The largest absolute Gasteiger partial charge is 0.462 e. The number of carbonyl (C=O) groups is 3. The van der Waals surface area contributed by atoms with Crippen molar-refractivity contribution < 1.29 is 28.6 Å². The van der Waals surface area contributed by atoms with Crippen molar-refractivity contribution in [3.8, 4) is 0 Å². The number of esters is 2. The summed E-state index contributed by atoms with van der Waals surface area (Å²) in [6.45, 7) is 7.55. The first kappa shape index (κ1) is 19.4. The fourth-order valence-corrected chi connectivity index (χ4v) is 3.57. The van der Waals surface area contributed by atoms with Gasteiger partial charge in [0, 0.05) is 6.61 Å². The van der Waals surface area contributed by atoms with Crippen molar-refractivity contribution in [2.24, 2.45) is 0 Å². The van der Waals surface area contributed by atoms with Crippen LogP contribution in [0, 0.1) is 6.92 Å². The molecule has 0 spiro atoms. The maximum atomic E-state index is 12.3. The number of anilines is 1. The number of hydrogen-bond donors (Lipinski definition) is 1. The molecule has 2 rings (SSSR count). The van der Waals surface area contributed by atoms with E-state index in [-0.39, 0.29) is 34.1 Å². The van der Waals surface area contributed by atoms with Gasteiger partial charge in [0.1, 0.15) is 16.0 Å². The second kappa shape index (κ2) is 8.44. The third kappa shape index (κ3) is 4.58. The third-order valence-corrected chi connectivity index (χ3v) is 4.80. The Bertz CT molecular complexity index is 660. The molecule has 1 aliphatic rings. The zero-order chi connectivity index (χ0) is 18.6. The average Bonchev–Trinajstić information content (AvgIpc) is 3.15. The van der Waals surface area contributed by atoms with Crippen molar-refractivity contribution in [1.29, 1.82) is 0 Å². The quantitative estimate of drug-likeness (QED) is 0.775. The molecule has 0 aromatic carbocycles. The predicted octanol–water partition coefficient (Wildman–Crippen LogP) is 2.92. The number of thiophene rings is 1. The molecule has 1 fully saturated rings. The Kier molecular flexibility index (Phi) is 6.55. The minimum absolute atomic E-state index is 0.189. The van der Waals surface area contributed by atoms with E-state index in [1.165, 1.54) is 0 Å². The van der Waals surface area contributed by atoms with Gasteiger partial charge in [0.05, 0.1) is 18.3 Å². The number of ether oxygens (including phenoxy) is 3. The third-order valence-electron chi connectivity index (χ3n) is 3.61. The minimum atomic E-state index is -0.581. The molecule has 0 radical (unpaired) electrons. The lowest BCUT2D eigenvalue weighted by atomic mass is 10.1. The number of nitrogens with one attached hydrogen (secondary N) is 1. The zero-order valence-corrected chi connectivity index (χ0v) is 15.7. The molecule has 0 bridgehead atoms. The van der Waals surface area contributed by atoms with Crippen LogP contribution in [0.25, 0.3) is 0 Å². The van der Waals surface area contributed by atoms with Crippen LogP contribution in [0.15, 0.2) is 0 Å². The molecule has 1 amide bonds. The van der Waals surface area contributed by atoms with Gasteiger partial charge in [0.2, 0.25) is 0 Å². The highest BCUT2D eigenvalue weighted by Crippen LogP contribution is 2.35. The van der Waals surface area contributed by atoms with Crippen LogP contribution in [0.1, 0.15) is 59.2 Å². The number of amides is 1. The fraction of sp³-hybridized carbons (Fsp3) is 0.588. The van der Waals surface area contributed by atoms with Gasteiger partial charge < -0.3 is 19.5 Å². The van der Waals surface area contributed by atoms with E-state index in [4.69, 9.17) is 14.2 Å². The van der Waals surface area contributed by atoms with Crippen LogP contribution in [0.4, 0.5) is 5.00 Å². The second-order valence-corrected chi connectivity index (χ2v) is 6.95. The molecule has 1 unspecified atom stereocenters. The molecule has 138 valence electrons. The highest BCUT2D eigenvalue weighted by Gasteiger charge is 2.30. The van der Waals surface area contributed by atoms with Crippen LogP contribution >= 0.6 is 11.3 Å². The minimum Gasteiger partial charge on any atom is -0.462 e. The summed E-state index contributed by atoms with van der Waals surface area (Å²) in [5, 5.41) is 2.99. The van der Waals surface area contributed by atoms with E-state index in [9.17, 15) is 14.4 Å². The molecule has 1 aromatic heterocycles. The molecular formula is C17H23NO6S.